The highest BCUT2D eigenvalue weighted by Crippen LogP contribution is 2.35. The van der Waals surface area contributed by atoms with Gasteiger partial charge in [0.2, 0.25) is 5.91 Å². The standard InChI is InChI=1S/C21H20N2O4S/c1-13(24)23-21(2,16-7-9-17(27-3)10-8-16)20-22-18(12-28-20)14-5-4-6-15(11-14)19(25)26/h4-12H,1-3H3,(H,23,24)(H,25,26). The summed E-state index contributed by atoms with van der Waals surface area (Å²) in [4.78, 5) is 27.8. The summed E-state index contributed by atoms with van der Waals surface area (Å²) in [5.41, 5.74) is 1.61. The quantitative estimate of drug-likeness (QED) is 0.659. The van der Waals surface area contributed by atoms with Gasteiger partial charge in [-0.15, -0.1) is 11.3 Å². The number of rotatable bonds is 6. The number of nitrogens with one attached hydrogen (secondary N) is 1. The van der Waals surface area contributed by atoms with E-state index in [0.29, 0.717) is 16.3 Å². The van der Waals surface area contributed by atoms with Crippen molar-refractivity contribution in [1.82, 2.24) is 10.3 Å². The zero-order valence-electron chi connectivity index (χ0n) is 15.7. The fraction of sp³-hybridized carbons (Fsp3) is 0.190. The Kier molecular flexibility index (Phi) is 5.46. The van der Waals surface area contributed by atoms with Gasteiger partial charge in [-0.3, -0.25) is 4.79 Å². The molecule has 0 aliphatic heterocycles. The Bertz CT molecular complexity index is 1010. The zero-order chi connectivity index (χ0) is 20.3. The molecule has 1 unspecified atom stereocenters. The Balaban J connectivity index is 2.03. The minimum Gasteiger partial charge on any atom is -0.497 e. The van der Waals surface area contributed by atoms with Crippen LogP contribution < -0.4 is 10.1 Å². The summed E-state index contributed by atoms with van der Waals surface area (Å²) in [6.07, 6.45) is 0. The SMILES string of the molecule is COc1ccc(C(C)(NC(C)=O)c2nc(-c3cccc(C(=O)O)c3)cs2)cc1. The molecule has 6 nitrogen and oxygen atoms in total. The topological polar surface area (TPSA) is 88.5 Å². The molecule has 0 bridgehead atoms. The van der Waals surface area contributed by atoms with Crippen LogP contribution in [0.1, 0.15) is 34.8 Å². The molecule has 3 aromatic rings. The molecule has 3 rings (SSSR count). The van der Waals surface area contributed by atoms with Gasteiger partial charge in [-0.25, -0.2) is 9.78 Å². The molecule has 7 heteroatoms. The van der Waals surface area contributed by atoms with Gasteiger partial charge in [-0.1, -0.05) is 24.3 Å². The molecule has 1 amide bonds. The van der Waals surface area contributed by atoms with Gasteiger partial charge in [0.1, 0.15) is 16.3 Å². The smallest absolute Gasteiger partial charge is 0.335 e. The number of hydrogen-bond acceptors (Lipinski definition) is 5. The van der Waals surface area contributed by atoms with E-state index < -0.39 is 11.5 Å². The minimum absolute atomic E-state index is 0.178. The number of carbonyl (C=O) groups excluding carboxylic acids is 1. The first-order chi connectivity index (χ1) is 13.3. The number of carboxylic acids is 1. The van der Waals surface area contributed by atoms with Crippen molar-refractivity contribution in [3.8, 4) is 17.0 Å². The number of methoxy groups -OCH3 is 1. The number of carboxylic acid groups (broad SMARTS) is 1. The van der Waals surface area contributed by atoms with E-state index in [1.165, 1.54) is 24.3 Å². The average molecular weight is 396 g/mol. The Morgan fingerprint density at radius 3 is 2.50 bits per heavy atom. The van der Waals surface area contributed by atoms with Gasteiger partial charge in [-0.05, 0) is 36.8 Å². The first-order valence-corrected chi connectivity index (χ1v) is 9.44. The van der Waals surface area contributed by atoms with Crippen molar-refractivity contribution in [3.05, 3.63) is 70.0 Å². The van der Waals surface area contributed by atoms with Gasteiger partial charge in [0, 0.05) is 17.9 Å². The Labute approximate surface area is 166 Å². The summed E-state index contributed by atoms with van der Waals surface area (Å²) in [5.74, 6) is -0.444. The van der Waals surface area contributed by atoms with E-state index in [1.807, 2.05) is 42.6 Å². The highest BCUT2D eigenvalue weighted by atomic mass is 32.1. The number of ether oxygens (including phenoxy) is 1. The lowest BCUT2D eigenvalue weighted by molar-refractivity contribution is -0.120. The molecule has 1 aromatic heterocycles. The van der Waals surface area contributed by atoms with Crippen LogP contribution in [0.2, 0.25) is 0 Å². The van der Waals surface area contributed by atoms with Crippen molar-refractivity contribution in [2.75, 3.05) is 7.11 Å². The number of nitrogens with zero attached hydrogens (tertiary/aromatic N) is 1. The first-order valence-electron chi connectivity index (χ1n) is 8.56. The second kappa shape index (κ2) is 7.82. The van der Waals surface area contributed by atoms with Crippen molar-refractivity contribution in [2.45, 2.75) is 19.4 Å². The van der Waals surface area contributed by atoms with Gasteiger partial charge < -0.3 is 15.2 Å². The van der Waals surface area contributed by atoms with Crippen LogP contribution in [0.4, 0.5) is 0 Å². The fourth-order valence-corrected chi connectivity index (χ4v) is 3.94. The molecule has 0 saturated carbocycles. The minimum atomic E-state index is -0.987. The summed E-state index contributed by atoms with van der Waals surface area (Å²) in [7, 11) is 1.60. The van der Waals surface area contributed by atoms with Gasteiger partial charge in [0.05, 0.1) is 18.4 Å². The molecule has 0 radical (unpaired) electrons. The Hall–Kier alpha value is -3.19. The number of aromatic nitrogens is 1. The molecule has 28 heavy (non-hydrogen) atoms. The van der Waals surface area contributed by atoms with E-state index in [2.05, 4.69) is 5.32 Å². The van der Waals surface area contributed by atoms with Crippen molar-refractivity contribution in [1.29, 1.82) is 0 Å². The number of benzene rings is 2. The summed E-state index contributed by atoms with van der Waals surface area (Å²) in [5, 5.41) is 14.8. The maximum absolute atomic E-state index is 11.9. The van der Waals surface area contributed by atoms with Crippen LogP contribution in [0.15, 0.2) is 53.9 Å². The molecule has 2 aromatic carbocycles. The second-order valence-electron chi connectivity index (χ2n) is 6.46. The predicted octanol–water partition coefficient (Wildman–Crippen LogP) is 3.92. The van der Waals surface area contributed by atoms with Crippen LogP contribution in [0.25, 0.3) is 11.3 Å². The van der Waals surface area contributed by atoms with Crippen molar-refractivity contribution in [2.24, 2.45) is 0 Å². The van der Waals surface area contributed by atoms with Crippen LogP contribution in [0.5, 0.6) is 5.75 Å². The van der Waals surface area contributed by atoms with Gasteiger partial charge >= 0.3 is 5.97 Å². The number of aromatic carboxylic acids is 1. The monoisotopic (exact) mass is 396 g/mol. The van der Waals surface area contributed by atoms with E-state index in [1.54, 1.807) is 19.2 Å². The fourth-order valence-electron chi connectivity index (χ4n) is 2.97. The molecule has 1 atom stereocenters. The van der Waals surface area contributed by atoms with E-state index in [-0.39, 0.29) is 11.5 Å². The van der Waals surface area contributed by atoms with Crippen LogP contribution in [-0.2, 0) is 10.3 Å². The van der Waals surface area contributed by atoms with Gasteiger partial charge in [0.25, 0.3) is 0 Å². The van der Waals surface area contributed by atoms with Gasteiger partial charge in [-0.2, -0.15) is 0 Å². The molecule has 0 aliphatic rings. The normalized spacial score (nSPS) is 12.8. The largest absolute Gasteiger partial charge is 0.497 e. The molecule has 0 spiro atoms. The highest BCUT2D eigenvalue weighted by molar-refractivity contribution is 7.10. The lowest BCUT2D eigenvalue weighted by Crippen LogP contribution is -2.43. The lowest BCUT2D eigenvalue weighted by atomic mass is 9.92. The highest BCUT2D eigenvalue weighted by Gasteiger charge is 2.33. The van der Waals surface area contributed by atoms with Crippen LogP contribution in [-0.4, -0.2) is 29.1 Å². The summed E-state index contributed by atoms with van der Waals surface area (Å²) >= 11 is 1.41. The summed E-state index contributed by atoms with van der Waals surface area (Å²) < 4.78 is 5.21. The number of thiazole rings is 1. The molecular weight excluding hydrogens is 376 g/mol. The third-order valence-electron chi connectivity index (χ3n) is 4.43. The molecular formula is C21H20N2O4S. The number of amides is 1. The second-order valence-corrected chi connectivity index (χ2v) is 7.32. The third kappa shape index (κ3) is 3.89. The van der Waals surface area contributed by atoms with E-state index in [9.17, 15) is 14.7 Å². The average Bonchev–Trinajstić information content (AvgIpc) is 3.18. The van der Waals surface area contributed by atoms with Crippen LogP contribution in [0, 0.1) is 0 Å². The van der Waals surface area contributed by atoms with Crippen LogP contribution in [0.3, 0.4) is 0 Å². The maximum atomic E-state index is 11.9. The predicted molar refractivity (Wildman–Crippen MR) is 108 cm³/mol. The van der Waals surface area contributed by atoms with E-state index in [4.69, 9.17) is 9.72 Å². The van der Waals surface area contributed by atoms with Gasteiger partial charge in [0.15, 0.2) is 0 Å². The maximum Gasteiger partial charge on any atom is 0.335 e. The van der Waals surface area contributed by atoms with Crippen molar-refractivity contribution >= 4 is 23.2 Å². The number of carbonyl (C=O) groups is 2. The molecule has 1 heterocycles. The zero-order valence-corrected chi connectivity index (χ0v) is 16.5. The number of hydrogen-bond donors (Lipinski definition) is 2. The lowest BCUT2D eigenvalue weighted by Gasteiger charge is -2.29. The molecule has 0 aliphatic carbocycles. The van der Waals surface area contributed by atoms with E-state index in [0.717, 1.165) is 11.3 Å². The first kappa shape index (κ1) is 19.6. The Morgan fingerprint density at radius 2 is 1.89 bits per heavy atom. The molecule has 0 saturated heterocycles. The van der Waals surface area contributed by atoms with Crippen molar-refractivity contribution in [3.63, 3.8) is 0 Å². The molecule has 144 valence electrons. The Morgan fingerprint density at radius 1 is 1.18 bits per heavy atom. The summed E-state index contributed by atoms with van der Waals surface area (Å²) in [6, 6.07) is 14.1. The van der Waals surface area contributed by atoms with E-state index >= 15 is 0 Å². The third-order valence-corrected chi connectivity index (χ3v) is 5.49. The molecule has 2 N–H and O–H groups in total. The van der Waals surface area contributed by atoms with Crippen LogP contribution >= 0.6 is 11.3 Å². The van der Waals surface area contributed by atoms with Crippen molar-refractivity contribution < 1.29 is 19.4 Å². The molecule has 0 fully saturated rings. The summed E-state index contributed by atoms with van der Waals surface area (Å²) in [6.45, 7) is 3.36.